The Morgan fingerprint density at radius 3 is 2.55 bits per heavy atom. The zero-order valence-corrected chi connectivity index (χ0v) is 32.1. The highest BCUT2D eigenvalue weighted by Gasteiger charge is 2.68. The number of methoxy groups -OCH3 is 1. The molecule has 0 aromatic heterocycles. The minimum Gasteiger partial charge on any atom is -0.497 e. The first-order valence-electron chi connectivity index (χ1n) is 20.3. The highest BCUT2D eigenvalue weighted by molar-refractivity contribution is 5.92. The molecule has 1 spiro atoms. The third kappa shape index (κ3) is 6.42. The van der Waals surface area contributed by atoms with Crippen LogP contribution in [0.1, 0.15) is 91.0 Å². The van der Waals surface area contributed by atoms with Crippen LogP contribution < -0.4 is 10.1 Å². The molecular formula is C43H61NO9. The third-order valence-corrected chi connectivity index (χ3v) is 15.4. The zero-order chi connectivity index (χ0) is 37.3. The largest absolute Gasteiger partial charge is 0.497 e. The number of rotatable bonds is 7. The van der Waals surface area contributed by atoms with Crippen LogP contribution in [-0.4, -0.2) is 90.2 Å². The standard InChI is InChI=1S/C43H61NO9/c1-24-14-19-43(50-23-24)25(2)36-33(53-43)21-32-30-12-9-27-20-29(15-17-41(27,3)31(30)16-18-42(32,36)4)51-40-37(39(48)38(47)34(22-45)52-40)44-35(46)13-8-26-6-10-28(49-5)11-7-26/h6-11,13,24-25,29-34,36-40,45,47-48H,12,14-23H2,1-5H3,(H,44,46)/b13-8+/t24?,25-,29-,30+,31-,32-,33-,34+,36-,37+,38+,39+,40+,41-,42-,43+/m0/s1. The molecule has 3 aliphatic heterocycles. The van der Waals surface area contributed by atoms with Crippen molar-refractivity contribution in [2.24, 2.45) is 46.3 Å². The molecular weight excluding hydrogens is 674 g/mol. The second-order valence-corrected chi connectivity index (χ2v) is 18.1. The first-order chi connectivity index (χ1) is 25.4. The quantitative estimate of drug-likeness (QED) is 0.215. The molecule has 3 heterocycles. The average molecular weight is 736 g/mol. The van der Waals surface area contributed by atoms with Gasteiger partial charge in [0.1, 0.15) is 30.1 Å². The average Bonchev–Trinajstić information content (AvgIpc) is 3.60. The van der Waals surface area contributed by atoms with Crippen LogP contribution in [0, 0.1) is 46.3 Å². The van der Waals surface area contributed by atoms with Crippen molar-refractivity contribution in [1.82, 2.24) is 5.32 Å². The molecule has 1 aromatic rings. The predicted molar refractivity (Wildman–Crippen MR) is 198 cm³/mol. The molecule has 0 bridgehead atoms. The van der Waals surface area contributed by atoms with Gasteiger partial charge in [-0.25, -0.2) is 0 Å². The van der Waals surface area contributed by atoms with Gasteiger partial charge >= 0.3 is 0 Å². The molecule has 3 saturated heterocycles. The van der Waals surface area contributed by atoms with Crippen LogP contribution >= 0.6 is 0 Å². The van der Waals surface area contributed by atoms with Crippen molar-refractivity contribution < 1.29 is 43.8 Å². The van der Waals surface area contributed by atoms with Crippen molar-refractivity contribution in [2.45, 2.75) is 134 Å². The number of allylic oxidation sites excluding steroid dienone is 1. The first-order valence-corrected chi connectivity index (χ1v) is 20.3. The summed E-state index contributed by atoms with van der Waals surface area (Å²) in [7, 11) is 1.60. The Bertz CT molecular complexity index is 1550. The number of benzene rings is 1. The van der Waals surface area contributed by atoms with Gasteiger partial charge in [-0.1, -0.05) is 51.5 Å². The second kappa shape index (κ2) is 14.3. The third-order valence-electron chi connectivity index (χ3n) is 15.4. The summed E-state index contributed by atoms with van der Waals surface area (Å²) >= 11 is 0. The molecule has 1 unspecified atom stereocenters. The maximum atomic E-state index is 13.1. The Hall–Kier alpha value is -2.31. The van der Waals surface area contributed by atoms with E-state index >= 15 is 0 Å². The molecule has 1 aromatic carbocycles. The summed E-state index contributed by atoms with van der Waals surface area (Å²) < 4.78 is 31.4. The molecule has 10 nitrogen and oxygen atoms in total. The fourth-order valence-electron chi connectivity index (χ4n) is 12.4. The van der Waals surface area contributed by atoms with Gasteiger partial charge in [-0.2, -0.15) is 0 Å². The monoisotopic (exact) mass is 735 g/mol. The predicted octanol–water partition coefficient (Wildman–Crippen LogP) is 5.38. The van der Waals surface area contributed by atoms with Crippen LogP contribution in [0.3, 0.4) is 0 Å². The van der Waals surface area contributed by atoms with Gasteiger partial charge < -0.3 is 44.3 Å². The number of fused-ring (bicyclic) bond motifs is 7. The van der Waals surface area contributed by atoms with E-state index in [9.17, 15) is 20.1 Å². The molecule has 1 amide bonds. The fraction of sp³-hybridized carbons (Fsp3) is 0.744. The second-order valence-electron chi connectivity index (χ2n) is 18.1. The number of aliphatic hydroxyl groups is 3. The molecule has 7 aliphatic rings. The van der Waals surface area contributed by atoms with Gasteiger partial charge in [0.05, 0.1) is 32.5 Å². The van der Waals surface area contributed by atoms with E-state index in [1.807, 2.05) is 24.3 Å². The molecule has 16 atom stereocenters. The summed E-state index contributed by atoms with van der Waals surface area (Å²) in [4.78, 5) is 13.1. The van der Waals surface area contributed by atoms with Crippen LogP contribution in [0.4, 0.5) is 0 Å². The van der Waals surface area contributed by atoms with E-state index in [2.05, 4.69) is 39.1 Å². The summed E-state index contributed by atoms with van der Waals surface area (Å²) in [5.74, 6) is 3.33. The van der Waals surface area contributed by atoms with Crippen molar-refractivity contribution in [2.75, 3.05) is 20.3 Å². The number of amides is 1. The molecule has 10 heteroatoms. The smallest absolute Gasteiger partial charge is 0.244 e. The molecule has 292 valence electrons. The van der Waals surface area contributed by atoms with E-state index < -0.39 is 43.2 Å². The van der Waals surface area contributed by atoms with E-state index in [-0.39, 0.29) is 28.8 Å². The van der Waals surface area contributed by atoms with Crippen LogP contribution in [0.5, 0.6) is 5.75 Å². The lowest BCUT2D eigenvalue weighted by molar-refractivity contribution is -0.284. The van der Waals surface area contributed by atoms with Gasteiger partial charge in [0.25, 0.3) is 0 Å². The number of aliphatic hydroxyl groups excluding tert-OH is 3. The Kier molecular flexibility index (Phi) is 10.2. The van der Waals surface area contributed by atoms with E-state index in [4.69, 9.17) is 23.7 Å². The number of hydrogen-bond donors (Lipinski definition) is 4. The molecule has 53 heavy (non-hydrogen) atoms. The molecule has 0 radical (unpaired) electrons. The Balaban J connectivity index is 0.942. The summed E-state index contributed by atoms with van der Waals surface area (Å²) in [6.45, 7) is 10.1. The van der Waals surface area contributed by atoms with E-state index in [1.165, 1.54) is 30.9 Å². The van der Waals surface area contributed by atoms with Crippen LogP contribution in [-0.2, 0) is 23.7 Å². The molecule has 4 aliphatic carbocycles. The summed E-state index contributed by atoms with van der Waals surface area (Å²) in [5, 5.41) is 34.6. The number of carbonyl (C=O) groups is 1. The van der Waals surface area contributed by atoms with E-state index in [0.29, 0.717) is 41.3 Å². The first kappa shape index (κ1) is 37.6. The van der Waals surface area contributed by atoms with Crippen molar-refractivity contribution >= 4 is 12.0 Å². The lowest BCUT2D eigenvalue weighted by atomic mass is 9.47. The molecule has 4 N–H and O–H groups in total. The van der Waals surface area contributed by atoms with Crippen molar-refractivity contribution in [3.63, 3.8) is 0 Å². The lowest BCUT2D eigenvalue weighted by Crippen LogP contribution is -2.65. The highest BCUT2D eigenvalue weighted by Crippen LogP contribution is 2.70. The van der Waals surface area contributed by atoms with Gasteiger partial charge in [-0.15, -0.1) is 0 Å². The van der Waals surface area contributed by atoms with Gasteiger partial charge in [0, 0.05) is 18.4 Å². The highest BCUT2D eigenvalue weighted by atomic mass is 16.7. The molecule has 6 fully saturated rings. The number of carbonyl (C=O) groups excluding carboxylic acids is 1. The minimum atomic E-state index is -1.38. The van der Waals surface area contributed by atoms with E-state index in [1.54, 1.807) is 13.2 Å². The van der Waals surface area contributed by atoms with E-state index in [0.717, 1.165) is 50.7 Å². The van der Waals surface area contributed by atoms with Crippen molar-refractivity contribution in [3.8, 4) is 5.75 Å². The maximum absolute atomic E-state index is 13.1. The maximum Gasteiger partial charge on any atom is 0.244 e. The zero-order valence-electron chi connectivity index (χ0n) is 32.1. The van der Waals surface area contributed by atoms with Gasteiger partial charge in [-0.3, -0.25) is 4.79 Å². The number of hydrogen-bond acceptors (Lipinski definition) is 9. The number of ether oxygens (including phenoxy) is 5. The van der Waals surface area contributed by atoms with Crippen LogP contribution in [0.15, 0.2) is 42.0 Å². The summed E-state index contributed by atoms with van der Waals surface area (Å²) in [6.07, 6.45) is 10.3. The minimum absolute atomic E-state index is 0.0920. The number of nitrogens with one attached hydrogen (secondary N) is 1. The summed E-state index contributed by atoms with van der Waals surface area (Å²) in [6, 6.07) is 6.27. The van der Waals surface area contributed by atoms with Gasteiger partial charge in [0.2, 0.25) is 5.91 Å². The molecule has 3 saturated carbocycles. The Morgan fingerprint density at radius 2 is 1.83 bits per heavy atom. The topological polar surface area (TPSA) is 136 Å². The Labute approximate surface area is 314 Å². The van der Waals surface area contributed by atoms with Crippen LogP contribution in [0.2, 0.25) is 0 Å². The van der Waals surface area contributed by atoms with Crippen LogP contribution in [0.25, 0.3) is 6.08 Å². The van der Waals surface area contributed by atoms with Crippen molar-refractivity contribution in [1.29, 1.82) is 0 Å². The Morgan fingerprint density at radius 1 is 1.04 bits per heavy atom. The van der Waals surface area contributed by atoms with Gasteiger partial charge in [-0.05, 0) is 116 Å². The van der Waals surface area contributed by atoms with Gasteiger partial charge in [0.15, 0.2) is 12.1 Å². The SMILES string of the molecule is COc1ccc(/C=C/C(=O)N[C@H]2[C@H](O[C@H]3CC[C@@]4(C)C(=CC[C@H]5[C@@H]6C[C@@H]7O[C@]8(CCC(C)CO8)[C@@H](C)[C@@H]7[C@@]6(C)CC[C@@H]54)C3)O[C@H](CO)[C@@H](O)[C@@H]2O)cc1. The normalized spacial score (nSPS) is 47.7. The lowest BCUT2D eigenvalue weighted by Gasteiger charge is -2.58. The molecule has 8 rings (SSSR count). The summed E-state index contributed by atoms with van der Waals surface area (Å²) in [5.41, 5.74) is 2.61. The van der Waals surface area contributed by atoms with Crippen molar-refractivity contribution in [3.05, 3.63) is 47.6 Å². The fourth-order valence-corrected chi connectivity index (χ4v) is 12.4.